The zero-order valence-electron chi connectivity index (χ0n) is 13.4. The van der Waals surface area contributed by atoms with Gasteiger partial charge in [-0.05, 0) is 26.4 Å². The first-order chi connectivity index (χ1) is 9.23. The number of likely N-dealkylation sites (N-methyl/N-ethyl adjacent to an activating group) is 1. The predicted octanol–water partition coefficient (Wildman–Crippen LogP) is 1.42. The van der Waals surface area contributed by atoms with Crippen molar-refractivity contribution < 1.29 is 14.7 Å². The number of nitrogens with zero attached hydrogens (tertiary/aromatic N) is 3. The predicted molar refractivity (Wildman–Crippen MR) is 79.9 cm³/mol. The third-order valence-corrected chi connectivity index (χ3v) is 2.88. The van der Waals surface area contributed by atoms with Crippen molar-refractivity contribution in [2.75, 3.05) is 47.3 Å². The number of carboxylic acid groups (broad SMARTS) is 1. The highest BCUT2D eigenvalue weighted by Gasteiger charge is 2.18. The zero-order chi connectivity index (χ0) is 15.7. The van der Waals surface area contributed by atoms with Gasteiger partial charge in [0.25, 0.3) is 0 Å². The molecule has 0 rings (SSSR count). The van der Waals surface area contributed by atoms with Crippen molar-refractivity contribution in [3.05, 3.63) is 0 Å². The van der Waals surface area contributed by atoms with Crippen LogP contribution in [0.2, 0.25) is 0 Å². The second-order valence-corrected chi connectivity index (χ2v) is 5.84. The normalized spacial score (nSPS) is 10.9. The molecule has 0 saturated heterocycles. The molecular formula is C14H29N3O3. The van der Waals surface area contributed by atoms with Gasteiger partial charge >= 0.3 is 12.0 Å². The highest BCUT2D eigenvalue weighted by Crippen LogP contribution is 2.04. The van der Waals surface area contributed by atoms with Crippen LogP contribution in [0.4, 0.5) is 4.79 Å². The fourth-order valence-electron chi connectivity index (χ4n) is 1.83. The Bertz CT molecular complexity index is 306. The van der Waals surface area contributed by atoms with Gasteiger partial charge in [0.2, 0.25) is 0 Å². The highest BCUT2D eigenvalue weighted by atomic mass is 16.4. The first kappa shape index (κ1) is 18.7. The minimum Gasteiger partial charge on any atom is -0.481 e. The minimum absolute atomic E-state index is 0.0223. The van der Waals surface area contributed by atoms with Crippen LogP contribution in [0.5, 0.6) is 0 Å². The van der Waals surface area contributed by atoms with Crippen molar-refractivity contribution >= 4 is 12.0 Å². The van der Waals surface area contributed by atoms with E-state index in [1.54, 1.807) is 11.9 Å². The molecule has 0 aliphatic heterocycles. The van der Waals surface area contributed by atoms with E-state index >= 15 is 0 Å². The van der Waals surface area contributed by atoms with Crippen molar-refractivity contribution in [1.82, 2.24) is 14.7 Å². The van der Waals surface area contributed by atoms with Crippen LogP contribution in [-0.4, -0.2) is 79.1 Å². The number of hydrogen-bond acceptors (Lipinski definition) is 3. The molecule has 2 amide bonds. The monoisotopic (exact) mass is 287 g/mol. The molecule has 0 unspecified atom stereocenters. The molecule has 0 aromatic carbocycles. The summed E-state index contributed by atoms with van der Waals surface area (Å²) >= 11 is 0. The summed E-state index contributed by atoms with van der Waals surface area (Å²) in [5, 5.41) is 8.62. The first-order valence-electron chi connectivity index (χ1n) is 7.10. The number of carboxylic acids is 1. The summed E-state index contributed by atoms with van der Waals surface area (Å²) in [6.07, 6.45) is 0.584. The maximum absolute atomic E-state index is 12.4. The van der Waals surface area contributed by atoms with Crippen molar-refractivity contribution in [2.24, 2.45) is 5.92 Å². The van der Waals surface area contributed by atoms with E-state index in [1.807, 2.05) is 23.9 Å². The molecule has 118 valence electrons. The van der Waals surface area contributed by atoms with Gasteiger partial charge in [-0.25, -0.2) is 4.79 Å². The quantitative estimate of drug-likeness (QED) is 0.696. The van der Waals surface area contributed by atoms with Crippen LogP contribution in [0.15, 0.2) is 0 Å². The van der Waals surface area contributed by atoms with E-state index in [0.717, 1.165) is 13.1 Å². The Labute approximate surface area is 122 Å². The van der Waals surface area contributed by atoms with E-state index in [4.69, 9.17) is 5.11 Å². The van der Waals surface area contributed by atoms with Crippen molar-refractivity contribution in [2.45, 2.75) is 26.7 Å². The van der Waals surface area contributed by atoms with Gasteiger partial charge in [-0.3, -0.25) is 4.79 Å². The van der Waals surface area contributed by atoms with Gasteiger partial charge < -0.3 is 19.8 Å². The Hall–Kier alpha value is -1.30. The Kier molecular flexibility index (Phi) is 8.96. The molecule has 0 spiro atoms. The van der Waals surface area contributed by atoms with E-state index in [2.05, 4.69) is 13.8 Å². The average Bonchev–Trinajstić information content (AvgIpc) is 2.32. The summed E-state index contributed by atoms with van der Waals surface area (Å²) in [5.74, 6) is -0.411. The molecule has 0 aromatic rings. The van der Waals surface area contributed by atoms with Gasteiger partial charge in [0.15, 0.2) is 0 Å². The number of carbonyl (C=O) groups is 2. The van der Waals surface area contributed by atoms with Crippen molar-refractivity contribution in [3.8, 4) is 0 Å². The molecule has 0 aromatic heterocycles. The molecule has 0 fully saturated rings. The van der Waals surface area contributed by atoms with Crippen LogP contribution in [0.1, 0.15) is 26.7 Å². The molecule has 6 nitrogen and oxygen atoms in total. The molecule has 6 heteroatoms. The van der Waals surface area contributed by atoms with E-state index < -0.39 is 5.97 Å². The highest BCUT2D eigenvalue weighted by molar-refractivity contribution is 5.74. The summed E-state index contributed by atoms with van der Waals surface area (Å²) in [4.78, 5) is 28.3. The van der Waals surface area contributed by atoms with Gasteiger partial charge in [0.1, 0.15) is 0 Å². The maximum Gasteiger partial charge on any atom is 0.319 e. The lowest BCUT2D eigenvalue weighted by Crippen LogP contribution is -2.45. The molecule has 0 heterocycles. The lowest BCUT2D eigenvalue weighted by atomic mass is 10.2. The SMILES string of the molecule is CC(C)CN(CCN(C)C)C(=O)N(C)CCCC(=O)O. The van der Waals surface area contributed by atoms with Gasteiger partial charge in [-0.15, -0.1) is 0 Å². The van der Waals surface area contributed by atoms with Crippen LogP contribution in [0.3, 0.4) is 0 Å². The van der Waals surface area contributed by atoms with Crippen LogP contribution in [0, 0.1) is 5.92 Å². The number of aliphatic carboxylic acids is 1. The van der Waals surface area contributed by atoms with E-state index in [-0.39, 0.29) is 12.5 Å². The third kappa shape index (κ3) is 8.74. The first-order valence-corrected chi connectivity index (χ1v) is 7.10. The molecule has 0 aliphatic carbocycles. The Morgan fingerprint density at radius 3 is 2.10 bits per heavy atom. The third-order valence-electron chi connectivity index (χ3n) is 2.88. The van der Waals surface area contributed by atoms with Crippen molar-refractivity contribution in [3.63, 3.8) is 0 Å². The largest absolute Gasteiger partial charge is 0.481 e. The van der Waals surface area contributed by atoms with Gasteiger partial charge in [0, 0.05) is 39.6 Å². The summed E-state index contributed by atoms with van der Waals surface area (Å²) in [6.45, 7) is 6.87. The van der Waals surface area contributed by atoms with Crippen LogP contribution in [-0.2, 0) is 4.79 Å². The summed E-state index contributed by atoms with van der Waals surface area (Å²) in [6, 6.07) is -0.0223. The summed E-state index contributed by atoms with van der Waals surface area (Å²) in [5.41, 5.74) is 0. The Morgan fingerprint density at radius 1 is 1.05 bits per heavy atom. The van der Waals surface area contributed by atoms with E-state index in [1.165, 1.54) is 0 Å². The summed E-state index contributed by atoms with van der Waals surface area (Å²) < 4.78 is 0. The second kappa shape index (κ2) is 9.58. The summed E-state index contributed by atoms with van der Waals surface area (Å²) in [7, 11) is 5.69. The fourth-order valence-corrected chi connectivity index (χ4v) is 1.83. The minimum atomic E-state index is -0.822. The molecule has 0 aliphatic rings. The maximum atomic E-state index is 12.4. The van der Waals surface area contributed by atoms with Crippen LogP contribution in [0.25, 0.3) is 0 Å². The van der Waals surface area contributed by atoms with Crippen molar-refractivity contribution in [1.29, 1.82) is 0 Å². The smallest absolute Gasteiger partial charge is 0.319 e. The standard InChI is InChI=1S/C14H29N3O3/c1-12(2)11-17(10-9-15(3)4)14(20)16(5)8-6-7-13(18)19/h12H,6-11H2,1-5H3,(H,18,19). The molecule has 0 atom stereocenters. The Balaban J connectivity index is 4.38. The molecule has 0 saturated carbocycles. The second-order valence-electron chi connectivity index (χ2n) is 5.84. The number of amides is 2. The average molecular weight is 287 g/mol. The fraction of sp³-hybridized carbons (Fsp3) is 0.857. The van der Waals surface area contributed by atoms with Gasteiger partial charge in [-0.1, -0.05) is 13.8 Å². The molecule has 0 bridgehead atoms. The molecule has 20 heavy (non-hydrogen) atoms. The van der Waals surface area contributed by atoms with E-state index in [9.17, 15) is 9.59 Å². The lowest BCUT2D eigenvalue weighted by molar-refractivity contribution is -0.137. The Morgan fingerprint density at radius 2 is 1.65 bits per heavy atom. The number of carbonyl (C=O) groups excluding carboxylic acids is 1. The molecular weight excluding hydrogens is 258 g/mol. The topological polar surface area (TPSA) is 64.1 Å². The van der Waals surface area contributed by atoms with Crippen LogP contribution < -0.4 is 0 Å². The lowest BCUT2D eigenvalue weighted by Gasteiger charge is -2.30. The number of rotatable bonds is 9. The number of hydrogen-bond donors (Lipinski definition) is 1. The van der Waals surface area contributed by atoms with Gasteiger partial charge in [-0.2, -0.15) is 0 Å². The van der Waals surface area contributed by atoms with Gasteiger partial charge in [0.05, 0.1) is 0 Å². The molecule has 0 radical (unpaired) electrons. The number of urea groups is 1. The zero-order valence-corrected chi connectivity index (χ0v) is 13.4. The van der Waals surface area contributed by atoms with Crippen LogP contribution >= 0.6 is 0 Å². The van der Waals surface area contributed by atoms with E-state index in [0.29, 0.717) is 25.4 Å². The molecule has 1 N–H and O–H groups in total.